The lowest BCUT2D eigenvalue weighted by Crippen LogP contribution is -2.43. The van der Waals surface area contributed by atoms with E-state index < -0.39 is 0 Å². The molecule has 0 aliphatic carbocycles. The Kier molecular flexibility index (Phi) is 6.02. The number of nitrogens with zero attached hydrogens (tertiary/aromatic N) is 1. The van der Waals surface area contributed by atoms with Gasteiger partial charge in [-0.3, -0.25) is 4.90 Å². The van der Waals surface area contributed by atoms with Gasteiger partial charge in [0.05, 0.1) is 6.61 Å². The van der Waals surface area contributed by atoms with Gasteiger partial charge in [-0.25, -0.2) is 0 Å². The van der Waals surface area contributed by atoms with Crippen molar-refractivity contribution in [2.45, 2.75) is 38.8 Å². The van der Waals surface area contributed by atoms with Gasteiger partial charge in [-0.15, -0.1) is 0 Å². The first-order valence-corrected chi connectivity index (χ1v) is 7.84. The first-order chi connectivity index (χ1) is 9.76. The van der Waals surface area contributed by atoms with Gasteiger partial charge >= 0.3 is 0 Å². The van der Waals surface area contributed by atoms with Crippen molar-refractivity contribution in [1.82, 2.24) is 10.2 Å². The van der Waals surface area contributed by atoms with Crippen LogP contribution in [-0.2, 0) is 11.2 Å². The molecule has 0 spiro atoms. The highest BCUT2D eigenvalue weighted by Crippen LogP contribution is 2.22. The molecule has 1 fully saturated rings. The zero-order chi connectivity index (χ0) is 14.4. The molecule has 2 atom stereocenters. The molecule has 0 aromatic heterocycles. The lowest BCUT2D eigenvalue weighted by Gasteiger charge is -2.34. The van der Waals surface area contributed by atoms with Gasteiger partial charge in [0, 0.05) is 31.8 Å². The van der Waals surface area contributed by atoms with E-state index in [9.17, 15) is 0 Å². The quantitative estimate of drug-likeness (QED) is 0.895. The minimum Gasteiger partial charge on any atom is -0.380 e. The molecular formula is C17H28N2O. The van der Waals surface area contributed by atoms with E-state index in [0.29, 0.717) is 12.1 Å². The zero-order valence-electron chi connectivity index (χ0n) is 13.1. The highest BCUT2D eigenvalue weighted by molar-refractivity contribution is 5.26. The molecule has 1 heterocycles. The van der Waals surface area contributed by atoms with Crippen LogP contribution in [0.15, 0.2) is 24.3 Å². The Labute approximate surface area is 123 Å². The number of aryl methyl sites for hydroxylation is 1. The molecule has 0 bridgehead atoms. The van der Waals surface area contributed by atoms with E-state index in [2.05, 4.69) is 55.4 Å². The molecule has 1 saturated heterocycles. The Morgan fingerprint density at radius 2 is 1.95 bits per heavy atom. The molecule has 2 unspecified atom stereocenters. The van der Waals surface area contributed by atoms with Crippen LogP contribution in [0, 0.1) is 0 Å². The van der Waals surface area contributed by atoms with Crippen molar-refractivity contribution < 1.29 is 4.74 Å². The Morgan fingerprint density at radius 3 is 2.60 bits per heavy atom. The van der Waals surface area contributed by atoms with E-state index in [-0.39, 0.29) is 0 Å². The molecule has 1 aliphatic rings. The molecule has 2 rings (SSSR count). The summed E-state index contributed by atoms with van der Waals surface area (Å²) in [4.78, 5) is 2.54. The number of benzene rings is 1. The topological polar surface area (TPSA) is 24.5 Å². The second kappa shape index (κ2) is 7.77. The number of ether oxygens (including phenoxy) is 1. The summed E-state index contributed by atoms with van der Waals surface area (Å²) in [5.74, 6) is 0. The van der Waals surface area contributed by atoms with Gasteiger partial charge in [0.15, 0.2) is 0 Å². The fourth-order valence-corrected chi connectivity index (χ4v) is 3.03. The van der Waals surface area contributed by atoms with Crippen LogP contribution < -0.4 is 5.32 Å². The van der Waals surface area contributed by atoms with Gasteiger partial charge in [0.2, 0.25) is 0 Å². The van der Waals surface area contributed by atoms with Crippen LogP contribution in [0.5, 0.6) is 0 Å². The molecule has 1 aromatic rings. The van der Waals surface area contributed by atoms with Crippen LogP contribution in [0.25, 0.3) is 0 Å². The van der Waals surface area contributed by atoms with Crippen LogP contribution >= 0.6 is 0 Å². The van der Waals surface area contributed by atoms with Crippen molar-refractivity contribution in [3.05, 3.63) is 35.4 Å². The van der Waals surface area contributed by atoms with Crippen molar-refractivity contribution in [3.63, 3.8) is 0 Å². The monoisotopic (exact) mass is 276 g/mol. The fourth-order valence-electron chi connectivity index (χ4n) is 3.03. The average molecular weight is 276 g/mol. The van der Waals surface area contributed by atoms with E-state index in [4.69, 9.17) is 4.74 Å². The number of hydrogen-bond acceptors (Lipinski definition) is 3. The number of hydrogen-bond donors (Lipinski definition) is 1. The van der Waals surface area contributed by atoms with Crippen LogP contribution in [0.2, 0.25) is 0 Å². The highest BCUT2D eigenvalue weighted by atomic mass is 16.5. The summed E-state index contributed by atoms with van der Waals surface area (Å²) >= 11 is 0. The van der Waals surface area contributed by atoms with Gasteiger partial charge in [-0.1, -0.05) is 31.2 Å². The molecule has 0 amide bonds. The van der Waals surface area contributed by atoms with Crippen molar-refractivity contribution in [1.29, 1.82) is 0 Å². The molecule has 3 heteroatoms. The third-order valence-corrected chi connectivity index (χ3v) is 4.37. The Morgan fingerprint density at radius 1 is 1.20 bits per heavy atom. The summed E-state index contributed by atoms with van der Waals surface area (Å²) in [7, 11) is 2.06. The van der Waals surface area contributed by atoms with E-state index in [1.54, 1.807) is 0 Å². The van der Waals surface area contributed by atoms with Crippen molar-refractivity contribution >= 4 is 0 Å². The maximum Gasteiger partial charge on any atom is 0.0593 e. The third-order valence-electron chi connectivity index (χ3n) is 4.37. The van der Waals surface area contributed by atoms with E-state index in [1.165, 1.54) is 11.1 Å². The highest BCUT2D eigenvalue weighted by Gasteiger charge is 2.24. The van der Waals surface area contributed by atoms with Crippen molar-refractivity contribution in [2.24, 2.45) is 0 Å². The predicted molar refractivity (Wildman–Crippen MR) is 84.1 cm³/mol. The average Bonchev–Trinajstić information content (AvgIpc) is 2.77. The SMILES string of the molecule is CCc1ccc(C(NC)C(C)N2CCCOCC2)cc1. The summed E-state index contributed by atoms with van der Waals surface area (Å²) < 4.78 is 5.56. The Hall–Kier alpha value is -0.900. The third kappa shape index (κ3) is 3.81. The minimum absolute atomic E-state index is 0.374. The lowest BCUT2D eigenvalue weighted by atomic mass is 9.97. The van der Waals surface area contributed by atoms with Crippen molar-refractivity contribution in [3.8, 4) is 0 Å². The molecule has 3 nitrogen and oxygen atoms in total. The zero-order valence-corrected chi connectivity index (χ0v) is 13.1. The molecule has 1 aliphatic heterocycles. The Bertz CT molecular complexity index is 382. The minimum atomic E-state index is 0.374. The smallest absolute Gasteiger partial charge is 0.0593 e. The van der Waals surface area contributed by atoms with Gasteiger partial charge in [0.1, 0.15) is 0 Å². The molecular weight excluding hydrogens is 248 g/mol. The summed E-state index contributed by atoms with van der Waals surface area (Å²) in [6, 6.07) is 9.89. The molecule has 1 N–H and O–H groups in total. The van der Waals surface area contributed by atoms with Gasteiger partial charge < -0.3 is 10.1 Å². The number of nitrogens with one attached hydrogen (secondary N) is 1. The molecule has 0 saturated carbocycles. The molecule has 112 valence electrons. The Balaban J connectivity index is 2.08. The molecule has 1 aromatic carbocycles. The maximum absolute atomic E-state index is 5.56. The van der Waals surface area contributed by atoms with Crippen LogP contribution in [0.3, 0.4) is 0 Å². The molecule has 0 radical (unpaired) electrons. The van der Waals surface area contributed by atoms with E-state index in [0.717, 1.165) is 39.1 Å². The predicted octanol–water partition coefficient (Wildman–Crippen LogP) is 2.62. The summed E-state index contributed by atoms with van der Waals surface area (Å²) in [5.41, 5.74) is 2.78. The normalized spacial score (nSPS) is 20.4. The van der Waals surface area contributed by atoms with Crippen LogP contribution in [-0.4, -0.2) is 44.3 Å². The second-order valence-electron chi connectivity index (χ2n) is 5.60. The molecule has 20 heavy (non-hydrogen) atoms. The fraction of sp³-hybridized carbons (Fsp3) is 0.647. The largest absolute Gasteiger partial charge is 0.380 e. The summed E-state index contributed by atoms with van der Waals surface area (Å²) in [6.07, 6.45) is 2.24. The first-order valence-electron chi connectivity index (χ1n) is 7.84. The van der Waals surface area contributed by atoms with Gasteiger partial charge in [-0.05, 0) is 37.9 Å². The standard InChI is InChI=1S/C17H28N2O/c1-4-15-6-8-16(9-7-15)17(18-3)14(2)19-10-5-12-20-13-11-19/h6-9,14,17-18H,4-5,10-13H2,1-3H3. The summed E-state index contributed by atoms with van der Waals surface area (Å²) in [6.45, 7) is 8.44. The lowest BCUT2D eigenvalue weighted by molar-refractivity contribution is 0.126. The van der Waals surface area contributed by atoms with Crippen molar-refractivity contribution in [2.75, 3.05) is 33.4 Å². The van der Waals surface area contributed by atoms with Gasteiger partial charge in [0.25, 0.3) is 0 Å². The number of rotatable bonds is 5. The number of likely N-dealkylation sites (N-methyl/N-ethyl adjacent to an activating group) is 1. The van der Waals surface area contributed by atoms with Crippen LogP contribution in [0.4, 0.5) is 0 Å². The maximum atomic E-state index is 5.56. The van der Waals surface area contributed by atoms with E-state index in [1.807, 2.05) is 0 Å². The second-order valence-corrected chi connectivity index (χ2v) is 5.60. The van der Waals surface area contributed by atoms with E-state index >= 15 is 0 Å². The van der Waals surface area contributed by atoms with Crippen LogP contribution in [0.1, 0.15) is 37.4 Å². The van der Waals surface area contributed by atoms with Gasteiger partial charge in [-0.2, -0.15) is 0 Å². The summed E-state index contributed by atoms with van der Waals surface area (Å²) in [5, 5.41) is 3.49. The first kappa shape index (κ1) is 15.5.